The molecule has 1 unspecified atom stereocenters. The standard InChI is InChI=1S/C15H23Br2NO/c1-5-14(10(3)4)18-9-11-7-12(16)8-13(17)15(11)19-6-2/h7-8,10,14,18H,5-6,9H2,1-4H3. The van der Waals surface area contributed by atoms with E-state index in [2.05, 4.69) is 64.0 Å². The number of halogens is 2. The van der Waals surface area contributed by atoms with Gasteiger partial charge >= 0.3 is 0 Å². The lowest BCUT2D eigenvalue weighted by Crippen LogP contribution is -2.32. The zero-order chi connectivity index (χ0) is 14.4. The Morgan fingerprint density at radius 1 is 1.21 bits per heavy atom. The third kappa shape index (κ3) is 5.09. The molecule has 0 heterocycles. The third-order valence-electron chi connectivity index (χ3n) is 3.17. The van der Waals surface area contributed by atoms with E-state index < -0.39 is 0 Å². The Balaban J connectivity index is 2.86. The van der Waals surface area contributed by atoms with Crippen molar-refractivity contribution in [2.24, 2.45) is 5.92 Å². The summed E-state index contributed by atoms with van der Waals surface area (Å²) in [7, 11) is 0. The molecule has 2 nitrogen and oxygen atoms in total. The van der Waals surface area contributed by atoms with E-state index in [1.165, 1.54) is 5.56 Å². The van der Waals surface area contributed by atoms with Gasteiger partial charge in [0.2, 0.25) is 0 Å². The van der Waals surface area contributed by atoms with E-state index in [9.17, 15) is 0 Å². The number of hydrogen-bond donors (Lipinski definition) is 1. The van der Waals surface area contributed by atoms with Gasteiger partial charge in [0.15, 0.2) is 0 Å². The van der Waals surface area contributed by atoms with Crippen molar-refractivity contribution in [1.29, 1.82) is 0 Å². The molecule has 0 saturated heterocycles. The molecule has 0 aromatic heterocycles. The fourth-order valence-corrected chi connectivity index (χ4v) is 3.57. The molecular formula is C15H23Br2NO. The highest BCUT2D eigenvalue weighted by molar-refractivity contribution is 9.11. The van der Waals surface area contributed by atoms with Crippen molar-refractivity contribution in [3.63, 3.8) is 0 Å². The Morgan fingerprint density at radius 3 is 2.42 bits per heavy atom. The average molecular weight is 393 g/mol. The largest absolute Gasteiger partial charge is 0.492 e. The molecule has 1 rings (SSSR count). The molecule has 0 radical (unpaired) electrons. The van der Waals surface area contributed by atoms with Crippen molar-refractivity contribution in [1.82, 2.24) is 5.32 Å². The summed E-state index contributed by atoms with van der Waals surface area (Å²) in [6.45, 7) is 10.2. The summed E-state index contributed by atoms with van der Waals surface area (Å²) in [5.74, 6) is 1.58. The highest BCUT2D eigenvalue weighted by Crippen LogP contribution is 2.33. The lowest BCUT2D eigenvalue weighted by Gasteiger charge is -2.22. The molecule has 0 fully saturated rings. The molecular weight excluding hydrogens is 370 g/mol. The van der Waals surface area contributed by atoms with Crippen LogP contribution in [0, 0.1) is 5.92 Å². The van der Waals surface area contributed by atoms with Crippen molar-refractivity contribution in [2.75, 3.05) is 6.61 Å². The minimum absolute atomic E-state index is 0.534. The lowest BCUT2D eigenvalue weighted by atomic mass is 10.0. The Morgan fingerprint density at radius 2 is 1.89 bits per heavy atom. The Labute approximate surface area is 133 Å². The first-order chi connectivity index (χ1) is 8.99. The number of ether oxygens (including phenoxy) is 1. The van der Waals surface area contributed by atoms with E-state index in [1.807, 2.05) is 13.0 Å². The maximum atomic E-state index is 5.74. The molecule has 0 saturated carbocycles. The van der Waals surface area contributed by atoms with Gasteiger partial charge in [-0.15, -0.1) is 0 Å². The van der Waals surface area contributed by atoms with Crippen LogP contribution in [0.4, 0.5) is 0 Å². The summed E-state index contributed by atoms with van der Waals surface area (Å²) in [6.07, 6.45) is 1.14. The monoisotopic (exact) mass is 391 g/mol. The van der Waals surface area contributed by atoms with E-state index >= 15 is 0 Å². The van der Waals surface area contributed by atoms with E-state index in [0.717, 1.165) is 27.7 Å². The van der Waals surface area contributed by atoms with Crippen molar-refractivity contribution < 1.29 is 4.74 Å². The van der Waals surface area contributed by atoms with Crippen LogP contribution in [-0.4, -0.2) is 12.6 Å². The van der Waals surface area contributed by atoms with Crippen LogP contribution in [0.25, 0.3) is 0 Å². The van der Waals surface area contributed by atoms with Gasteiger partial charge < -0.3 is 10.1 Å². The summed E-state index contributed by atoms with van der Waals surface area (Å²) in [4.78, 5) is 0. The number of rotatable bonds is 7. The lowest BCUT2D eigenvalue weighted by molar-refractivity contribution is 0.329. The molecule has 4 heteroatoms. The van der Waals surface area contributed by atoms with Gasteiger partial charge in [-0.05, 0) is 47.3 Å². The van der Waals surface area contributed by atoms with Crippen LogP contribution in [0.15, 0.2) is 21.1 Å². The molecule has 0 aliphatic carbocycles. The molecule has 0 amide bonds. The quantitative estimate of drug-likeness (QED) is 0.693. The van der Waals surface area contributed by atoms with Gasteiger partial charge in [0.1, 0.15) is 5.75 Å². The summed E-state index contributed by atoms with van der Waals surface area (Å²) in [5, 5.41) is 3.62. The van der Waals surface area contributed by atoms with Crippen molar-refractivity contribution >= 4 is 31.9 Å². The van der Waals surface area contributed by atoms with Gasteiger partial charge in [-0.3, -0.25) is 0 Å². The molecule has 0 aliphatic heterocycles. The molecule has 1 atom stereocenters. The minimum Gasteiger partial charge on any atom is -0.492 e. The van der Waals surface area contributed by atoms with Gasteiger partial charge in [0.05, 0.1) is 11.1 Å². The second-order valence-corrected chi connectivity index (χ2v) is 6.72. The van der Waals surface area contributed by atoms with Crippen molar-refractivity contribution in [3.8, 4) is 5.75 Å². The van der Waals surface area contributed by atoms with Crippen LogP contribution >= 0.6 is 31.9 Å². The van der Waals surface area contributed by atoms with Gasteiger partial charge in [-0.2, -0.15) is 0 Å². The molecule has 1 N–H and O–H groups in total. The van der Waals surface area contributed by atoms with Crippen LogP contribution in [-0.2, 0) is 6.54 Å². The molecule has 108 valence electrons. The van der Waals surface area contributed by atoms with E-state index in [-0.39, 0.29) is 0 Å². The first-order valence-electron chi connectivity index (χ1n) is 6.83. The van der Waals surface area contributed by atoms with Crippen LogP contribution in [0.3, 0.4) is 0 Å². The highest BCUT2D eigenvalue weighted by atomic mass is 79.9. The minimum atomic E-state index is 0.534. The van der Waals surface area contributed by atoms with E-state index in [1.54, 1.807) is 0 Å². The molecule has 1 aromatic rings. The van der Waals surface area contributed by atoms with E-state index in [4.69, 9.17) is 4.74 Å². The summed E-state index contributed by atoms with van der Waals surface area (Å²) < 4.78 is 7.81. The first kappa shape index (κ1) is 17.0. The number of nitrogens with one attached hydrogen (secondary N) is 1. The summed E-state index contributed by atoms with van der Waals surface area (Å²) in [5.41, 5.74) is 1.18. The first-order valence-corrected chi connectivity index (χ1v) is 8.42. The van der Waals surface area contributed by atoms with Gasteiger partial charge in [-0.25, -0.2) is 0 Å². The summed E-state index contributed by atoms with van der Waals surface area (Å²) >= 11 is 7.11. The smallest absolute Gasteiger partial charge is 0.138 e. The van der Waals surface area contributed by atoms with Crippen molar-refractivity contribution in [2.45, 2.75) is 46.7 Å². The number of hydrogen-bond acceptors (Lipinski definition) is 2. The van der Waals surface area contributed by atoms with Crippen LogP contribution in [0.2, 0.25) is 0 Å². The maximum absolute atomic E-state index is 5.74. The Hall–Kier alpha value is -0.0600. The molecule has 19 heavy (non-hydrogen) atoms. The van der Waals surface area contributed by atoms with Gasteiger partial charge in [-0.1, -0.05) is 36.7 Å². The van der Waals surface area contributed by atoms with Crippen LogP contribution in [0.1, 0.15) is 39.7 Å². The molecule has 0 bridgehead atoms. The predicted octanol–water partition coefficient (Wildman–Crippen LogP) is 5.13. The number of benzene rings is 1. The fourth-order valence-electron chi connectivity index (χ4n) is 2.14. The van der Waals surface area contributed by atoms with E-state index in [0.29, 0.717) is 18.6 Å². The second-order valence-electron chi connectivity index (χ2n) is 4.95. The zero-order valence-corrected chi connectivity index (χ0v) is 15.3. The maximum Gasteiger partial charge on any atom is 0.138 e. The second kappa shape index (κ2) is 8.28. The fraction of sp³-hybridized carbons (Fsp3) is 0.600. The molecule has 0 spiro atoms. The topological polar surface area (TPSA) is 21.3 Å². The molecule has 1 aromatic carbocycles. The summed E-state index contributed by atoms with van der Waals surface area (Å²) in [6, 6.07) is 4.68. The Kier molecular flexibility index (Phi) is 7.40. The zero-order valence-electron chi connectivity index (χ0n) is 12.1. The van der Waals surface area contributed by atoms with Crippen molar-refractivity contribution in [3.05, 3.63) is 26.6 Å². The highest BCUT2D eigenvalue weighted by Gasteiger charge is 2.14. The van der Waals surface area contributed by atoms with Gasteiger partial charge in [0, 0.05) is 22.6 Å². The van der Waals surface area contributed by atoms with Crippen LogP contribution < -0.4 is 10.1 Å². The molecule has 0 aliphatic rings. The average Bonchev–Trinajstić information content (AvgIpc) is 2.33. The van der Waals surface area contributed by atoms with Gasteiger partial charge in [0.25, 0.3) is 0 Å². The third-order valence-corrected chi connectivity index (χ3v) is 4.22. The Bertz CT molecular complexity index is 407. The predicted molar refractivity (Wildman–Crippen MR) is 88.8 cm³/mol. The SMILES string of the molecule is CCOc1c(Br)cc(Br)cc1CNC(CC)C(C)C. The normalized spacial score (nSPS) is 12.8. The van der Waals surface area contributed by atoms with Crippen LogP contribution in [0.5, 0.6) is 5.75 Å².